The van der Waals surface area contributed by atoms with E-state index >= 15 is 0 Å². The zero-order chi connectivity index (χ0) is 15.3. The van der Waals surface area contributed by atoms with Crippen LogP contribution in [0.15, 0.2) is 18.2 Å². The Morgan fingerprint density at radius 3 is 2.30 bits per heavy atom. The first-order chi connectivity index (χ1) is 9.36. The number of benzene rings is 1. The van der Waals surface area contributed by atoms with Crippen molar-refractivity contribution in [3.05, 3.63) is 34.9 Å². The van der Waals surface area contributed by atoms with Gasteiger partial charge >= 0.3 is 0 Å². The van der Waals surface area contributed by atoms with Gasteiger partial charge in [0, 0.05) is 24.2 Å². The topological polar surface area (TPSA) is 59.4 Å². The van der Waals surface area contributed by atoms with Gasteiger partial charge in [0.2, 0.25) is 0 Å². The van der Waals surface area contributed by atoms with E-state index in [-0.39, 0.29) is 5.84 Å². The predicted octanol–water partition coefficient (Wildman–Crippen LogP) is 2.96. The minimum absolute atomic E-state index is 0.0417. The van der Waals surface area contributed by atoms with Gasteiger partial charge in [-0.3, -0.25) is 21.0 Å². The molecular formula is C16H27N3O. The van der Waals surface area contributed by atoms with Gasteiger partial charge in [0.1, 0.15) is 5.84 Å². The maximum Gasteiger partial charge on any atom is 0.149 e. The number of amidine groups is 1. The van der Waals surface area contributed by atoms with Crippen molar-refractivity contribution < 1.29 is 5.21 Å². The molecule has 4 nitrogen and oxygen atoms in total. The summed E-state index contributed by atoms with van der Waals surface area (Å²) >= 11 is 0. The Kier molecular flexibility index (Phi) is 6.17. The minimum atomic E-state index is 0.0417. The third-order valence-corrected chi connectivity index (χ3v) is 3.66. The van der Waals surface area contributed by atoms with Crippen LogP contribution in [0.5, 0.6) is 0 Å². The zero-order valence-corrected chi connectivity index (χ0v) is 13.2. The molecule has 0 aromatic heterocycles. The summed E-state index contributed by atoms with van der Waals surface area (Å²) in [6.45, 7) is 11.9. The van der Waals surface area contributed by atoms with Gasteiger partial charge < -0.3 is 0 Å². The summed E-state index contributed by atoms with van der Waals surface area (Å²) in [5.74, 6) is 0.0417. The fourth-order valence-corrected chi connectivity index (χ4v) is 2.59. The molecular weight excluding hydrogens is 250 g/mol. The first-order valence-electron chi connectivity index (χ1n) is 7.21. The highest BCUT2D eigenvalue weighted by atomic mass is 16.5. The Bertz CT molecular complexity index is 447. The van der Waals surface area contributed by atoms with E-state index in [1.165, 1.54) is 5.56 Å². The largest absolute Gasteiger partial charge is 0.298 e. The van der Waals surface area contributed by atoms with Crippen LogP contribution in [-0.4, -0.2) is 34.6 Å². The molecule has 0 saturated heterocycles. The average Bonchev–Trinajstić information content (AvgIpc) is 2.37. The van der Waals surface area contributed by atoms with Crippen LogP contribution in [0, 0.1) is 12.3 Å². The lowest BCUT2D eigenvalue weighted by molar-refractivity contribution is 0.177. The fraction of sp³-hybridized carbons (Fsp3) is 0.562. The summed E-state index contributed by atoms with van der Waals surface area (Å²) in [7, 11) is 0. The van der Waals surface area contributed by atoms with E-state index in [0.717, 1.165) is 24.1 Å². The molecule has 0 heterocycles. The van der Waals surface area contributed by atoms with Gasteiger partial charge in [-0.15, -0.1) is 0 Å². The summed E-state index contributed by atoms with van der Waals surface area (Å²) < 4.78 is 0. The Hall–Kier alpha value is -1.39. The molecule has 0 fully saturated rings. The van der Waals surface area contributed by atoms with E-state index in [1.54, 1.807) is 0 Å². The number of aryl methyl sites for hydroxylation is 1. The number of hydrogen-bond acceptors (Lipinski definition) is 3. The molecule has 1 rings (SSSR count). The van der Waals surface area contributed by atoms with Crippen molar-refractivity contribution in [1.29, 1.82) is 5.41 Å². The van der Waals surface area contributed by atoms with Crippen LogP contribution in [0.1, 0.15) is 44.4 Å². The highest BCUT2D eigenvalue weighted by Gasteiger charge is 2.13. The van der Waals surface area contributed by atoms with Crippen molar-refractivity contribution in [2.45, 2.75) is 53.1 Å². The summed E-state index contributed by atoms with van der Waals surface area (Å²) in [6, 6.07) is 7.11. The Balaban J connectivity index is 2.75. The normalized spacial score (nSPS) is 11.4. The van der Waals surface area contributed by atoms with Gasteiger partial charge in [0.05, 0.1) is 0 Å². The van der Waals surface area contributed by atoms with Crippen LogP contribution in [-0.2, 0) is 6.42 Å². The van der Waals surface area contributed by atoms with E-state index in [2.05, 4.69) is 38.7 Å². The van der Waals surface area contributed by atoms with Crippen molar-refractivity contribution in [1.82, 2.24) is 10.4 Å². The fourth-order valence-electron chi connectivity index (χ4n) is 2.59. The molecule has 3 N–H and O–H groups in total. The first kappa shape index (κ1) is 16.7. The molecule has 0 aliphatic rings. The second kappa shape index (κ2) is 7.41. The lowest BCUT2D eigenvalue weighted by Crippen LogP contribution is -2.38. The molecule has 4 heteroatoms. The lowest BCUT2D eigenvalue weighted by Gasteiger charge is -2.30. The van der Waals surface area contributed by atoms with Crippen LogP contribution >= 0.6 is 0 Å². The van der Waals surface area contributed by atoms with Gasteiger partial charge in [0.25, 0.3) is 0 Å². The third-order valence-electron chi connectivity index (χ3n) is 3.66. The molecule has 0 aliphatic heterocycles. The van der Waals surface area contributed by atoms with Crippen molar-refractivity contribution >= 4 is 5.84 Å². The average molecular weight is 277 g/mol. The van der Waals surface area contributed by atoms with E-state index in [0.29, 0.717) is 12.1 Å². The number of rotatable bonds is 6. The second-order valence-electron chi connectivity index (χ2n) is 5.81. The molecule has 0 aliphatic carbocycles. The first-order valence-corrected chi connectivity index (χ1v) is 7.21. The van der Waals surface area contributed by atoms with E-state index in [9.17, 15) is 0 Å². The second-order valence-corrected chi connectivity index (χ2v) is 5.81. The summed E-state index contributed by atoms with van der Waals surface area (Å²) in [5, 5.41) is 16.4. The third kappa shape index (κ3) is 4.32. The molecule has 0 atom stereocenters. The van der Waals surface area contributed by atoms with E-state index in [1.807, 2.05) is 24.5 Å². The Morgan fingerprint density at radius 1 is 1.25 bits per heavy atom. The maximum absolute atomic E-state index is 8.80. The van der Waals surface area contributed by atoms with Crippen molar-refractivity contribution in [2.75, 3.05) is 6.54 Å². The molecule has 0 saturated carbocycles. The van der Waals surface area contributed by atoms with Gasteiger partial charge in [0.15, 0.2) is 0 Å². The minimum Gasteiger partial charge on any atom is -0.298 e. The van der Waals surface area contributed by atoms with Crippen molar-refractivity contribution in [3.63, 3.8) is 0 Å². The van der Waals surface area contributed by atoms with Gasteiger partial charge in [-0.1, -0.05) is 18.2 Å². The monoisotopic (exact) mass is 277 g/mol. The number of hydroxylamine groups is 1. The zero-order valence-electron chi connectivity index (χ0n) is 13.2. The van der Waals surface area contributed by atoms with Crippen LogP contribution in [0.3, 0.4) is 0 Å². The van der Waals surface area contributed by atoms with Gasteiger partial charge in [-0.25, -0.2) is 0 Å². The molecule has 0 bridgehead atoms. The van der Waals surface area contributed by atoms with Crippen LogP contribution in [0.25, 0.3) is 0 Å². The standard InChI is InChI=1S/C16H27N3O/c1-11(2)19(12(3)4)9-8-14-6-7-15(13(5)10-14)16(17)18-20/h6-7,10-12,20H,8-9H2,1-5H3,(H2,17,18). The molecule has 0 amide bonds. The SMILES string of the molecule is Cc1cc(CCN(C(C)C)C(C)C)ccc1C(=N)NO. The highest BCUT2D eigenvalue weighted by molar-refractivity contribution is 5.96. The van der Waals surface area contributed by atoms with E-state index < -0.39 is 0 Å². The molecule has 20 heavy (non-hydrogen) atoms. The maximum atomic E-state index is 8.80. The Morgan fingerprint density at radius 2 is 1.85 bits per heavy atom. The molecule has 0 spiro atoms. The van der Waals surface area contributed by atoms with Crippen LogP contribution in [0.4, 0.5) is 0 Å². The number of nitrogens with zero attached hydrogens (tertiary/aromatic N) is 1. The Labute approximate surface area is 122 Å². The molecule has 1 aromatic carbocycles. The summed E-state index contributed by atoms with van der Waals surface area (Å²) in [5.41, 5.74) is 4.91. The number of hydrogen-bond donors (Lipinski definition) is 3. The quantitative estimate of drug-likeness (QED) is 0.425. The summed E-state index contributed by atoms with van der Waals surface area (Å²) in [4.78, 5) is 2.47. The lowest BCUT2D eigenvalue weighted by atomic mass is 10.0. The van der Waals surface area contributed by atoms with E-state index in [4.69, 9.17) is 10.6 Å². The van der Waals surface area contributed by atoms with Crippen LogP contribution < -0.4 is 5.48 Å². The molecule has 112 valence electrons. The molecule has 0 unspecified atom stereocenters. The van der Waals surface area contributed by atoms with Crippen LogP contribution in [0.2, 0.25) is 0 Å². The van der Waals surface area contributed by atoms with Gasteiger partial charge in [-0.2, -0.15) is 0 Å². The van der Waals surface area contributed by atoms with Crippen molar-refractivity contribution in [2.24, 2.45) is 0 Å². The van der Waals surface area contributed by atoms with Crippen molar-refractivity contribution in [3.8, 4) is 0 Å². The van der Waals surface area contributed by atoms with Gasteiger partial charge in [-0.05, 0) is 52.2 Å². The smallest absolute Gasteiger partial charge is 0.149 e. The number of nitrogens with one attached hydrogen (secondary N) is 2. The highest BCUT2D eigenvalue weighted by Crippen LogP contribution is 2.13. The molecule has 0 radical (unpaired) electrons. The summed E-state index contributed by atoms with van der Waals surface area (Å²) in [6.07, 6.45) is 0.997. The molecule has 1 aromatic rings. The predicted molar refractivity (Wildman–Crippen MR) is 83.6 cm³/mol.